The molecule has 1 aromatic heterocycles. The fourth-order valence-electron chi connectivity index (χ4n) is 2.80. The highest BCUT2D eigenvalue weighted by Gasteiger charge is 2.19. The number of hydrogen-bond acceptors (Lipinski definition) is 6. The summed E-state index contributed by atoms with van der Waals surface area (Å²) in [5.74, 6) is 1.73. The van der Waals surface area contributed by atoms with E-state index >= 15 is 0 Å². The minimum absolute atomic E-state index is 0.139. The molecule has 0 radical (unpaired) electrons. The van der Waals surface area contributed by atoms with Crippen molar-refractivity contribution in [2.75, 3.05) is 26.2 Å². The van der Waals surface area contributed by atoms with Crippen LogP contribution in [-0.4, -0.2) is 37.3 Å². The second kappa shape index (κ2) is 8.96. The van der Waals surface area contributed by atoms with Crippen molar-refractivity contribution in [3.63, 3.8) is 0 Å². The van der Waals surface area contributed by atoms with Gasteiger partial charge in [-0.05, 0) is 13.0 Å². The third kappa shape index (κ3) is 4.68. The highest BCUT2D eigenvalue weighted by Crippen LogP contribution is 2.37. The fourth-order valence-corrected chi connectivity index (χ4v) is 3.03. The number of rotatable bonds is 7. The Bertz CT molecular complexity index is 1000. The van der Waals surface area contributed by atoms with E-state index in [1.54, 1.807) is 19.2 Å². The van der Waals surface area contributed by atoms with Crippen molar-refractivity contribution in [3.05, 3.63) is 52.9 Å². The summed E-state index contributed by atoms with van der Waals surface area (Å²) in [6.07, 6.45) is 0.521. The number of halogens is 1. The molecular formula is C21H22ClN3O4. The predicted octanol–water partition coefficient (Wildman–Crippen LogP) is 4.31. The molecule has 0 aliphatic heterocycles. The molecule has 0 aliphatic rings. The molecule has 2 aromatic carbocycles. The zero-order valence-corrected chi connectivity index (χ0v) is 17.5. The lowest BCUT2D eigenvalue weighted by Crippen LogP contribution is -2.27. The maximum absolute atomic E-state index is 12.7. The van der Waals surface area contributed by atoms with Gasteiger partial charge in [-0.1, -0.05) is 46.6 Å². The molecule has 0 aliphatic carbocycles. The second-order valence-electron chi connectivity index (χ2n) is 6.49. The van der Waals surface area contributed by atoms with E-state index in [4.69, 9.17) is 25.6 Å². The molecule has 3 aromatic rings. The van der Waals surface area contributed by atoms with Crippen LogP contribution in [0.4, 0.5) is 5.69 Å². The Labute approximate surface area is 174 Å². The molecule has 0 N–H and O–H groups in total. The molecule has 1 amide bonds. The quantitative estimate of drug-likeness (QED) is 0.572. The van der Waals surface area contributed by atoms with Crippen LogP contribution in [0, 0.1) is 6.92 Å². The number of aryl methyl sites for hydroxylation is 2. The largest absolute Gasteiger partial charge is 0.495 e. The summed E-state index contributed by atoms with van der Waals surface area (Å²) in [7, 11) is 4.70. The smallest absolute Gasteiger partial charge is 0.227 e. The fraction of sp³-hybridized carbons (Fsp3) is 0.286. The topological polar surface area (TPSA) is 77.7 Å². The van der Waals surface area contributed by atoms with Gasteiger partial charge >= 0.3 is 0 Å². The Morgan fingerprint density at radius 2 is 1.83 bits per heavy atom. The number of hydrogen-bond donors (Lipinski definition) is 0. The molecule has 0 saturated heterocycles. The van der Waals surface area contributed by atoms with E-state index in [2.05, 4.69) is 10.1 Å². The third-order valence-corrected chi connectivity index (χ3v) is 4.81. The van der Waals surface area contributed by atoms with Crippen LogP contribution in [0.2, 0.25) is 5.02 Å². The third-order valence-electron chi connectivity index (χ3n) is 4.52. The van der Waals surface area contributed by atoms with Gasteiger partial charge in [0.15, 0.2) is 0 Å². The maximum atomic E-state index is 12.7. The summed E-state index contributed by atoms with van der Waals surface area (Å²) < 4.78 is 15.8. The highest BCUT2D eigenvalue weighted by atomic mass is 35.5. The first kappa shape index (κ1) is 20.7. The van der Waals surface area contributed by atoms with Crippen LogP contribution in [0.15, 0.2) is 40.9 Å². The molecular weight excluding hydrogens is 394 g/mol. The van der Waals surface area contributed by atoms with Crippen LogP contribution in [0.1, 0.15) is 17.9 Å². The second-order valence-corrected chi connectivity index (χ2v) is 6.90. The number of carbonyl (C=O) groups is 1. The summed E-state index contributed by atoms with van der Waals surface area (Å²) in [6.45, 7) is 2.01. The van der Waals surface area contributed by atoms with E-state index in [-0.39, 0.29) is 12.3 Å². The van der Waals surface area contributed by atoms with Crippen molar-refractivity contribution < 1.29 is 18.8 Å². The molecule has 29 heavy (non-hydrogen) atoms. The molecule has 0 atom stereocenters. The van der Waals surface area contributed by atoms with Gasteiger partial charge in [0.05, 0.1) is 24.9 Å². The first-order valence-corrected chi connectivity index (χ1v) is 9.38. The van der Waals surface area contributed by atoms with Gasteiger partial charge in [-0.2, -0.15) is 4.98 Å². The van der Waals surface area contributed by atoms with Crippen LogP contribution < -0.4 is 14.4 Å². The Morgan fingerprint density at radius 1 is 1.14 bits per heavy atom. The highest BCUT2D eigenvalue weighted by molar-refractivity contribution is 6.32. The Morgan fingerprint density at radius 3 is 2.48 bits per heavy atom. The minimum atomic E-state index is -0.139. The molecule has 3 rings (SSSR count). The number of nitrogens with zero attached hydrogens (tertiary/aromatic N) is 3. The minimum Gasteiger partial charge on any atom is -0.495 e. The van der Waals surface area contributed by atoms with E-state index in [0.717, 1.165) is 11.1 Å². The first-order chi connectivity index (χ1) is 13.9. The van der Waals surface area contributed by atoms with Gasteiger partial charge in [0.2, 0.25) is 17.6 Å². The Hall–Kier alpha value is -3.06. The van der Waals surface area contributed by atoms with Gasteiger partial charge in [-0.15, -0.1) is 0 Å². The first-order valence-electron chi connectivity index (χ1n) is 9.00. The van der Waals surface area contributed by atoms with Crippen molar-refractivity contribution in [3.8, 4) is 22.9 Å². The van der Waals surface area contributed by atoms with Crippen molar-refractivity contribution >= 4 is 23.2 Å². The monoisotopic (exact) mass is 415 g/mol. The van der Waals surface area contributed by atoms with Gasteiger partial charge in [0.1, 0.15) is 11.5 Å². The zero-order chi connectivity index (χ0) is 21.0. The summed E-state index contributed by atoms with van der Waals surface area (Å²) in [4.78, 5) is 18.5. The van der Waals surface area contributed by atoms with Crippen LogP contribution in [0.25, 0.3) is 11.4 Å². The average molecular weight is 416 g/mol. The number of ether oxygens (including phenoxy) is 2. The number of methoxy groups -OCH3 is 2. The normalized spacial score (nSPS) is 10.7. The summed E-state index contributed by atoms with van der Waals surface area (Å²) in [5.41, 5.74) is 2.57. The Balaban J connectivity index is 1.68. The van der Waals surface area contributed by atoms with Gasteiger partial charge in [0, 0.05) is 31.5 Å². The van der Waals surface area contributed by atoms with Crippen LogP contribution in [0.5, 0.6) is 11.5 Å². The molecule has 1 heterocycles. The summed E-state index contributed by atoms with van der Waals surface area (Å²) in [5, 5.41) is 4.38. The van der Waals surface area contributed by atoms with E-state index in [1.807, 2.05) is 31.2 Å². The summed E-state index contributed by atoms with van der Waals surface area (Å²) in [6, 6.07) is 11.1. The van der Waals surface area contributed by atoms with Crippen molar-refractivity contribution in [2.45, 2.75) is 19.8 Å². The molecule has 0 fully saturated rings. The zero-order valence-electron chi connectivity index (χ0n) is 16.7. The molecule has 152 valence electrons. The van der Waals surface area contributed by atoms with E-state index in [1.165, 1.54) is 19.1 Å². The predicted molar refractivity (Wildman–Crippen MR) is 111 cm³/mol. The molecule has 0 spiro atoms. The lowest BCUT2D eigenvalue weighted by atomic mass is 10.1. The van der Waals surface area contributed by atoms with Crippen molar-refractivity contribution in [1.82, 2.24) is 10.1 Å². The number of anilines is 1. The SMILES string of the molecule is COc1cc(OC)c(N(C)C(=O)CCc2nc(-c3ccc(C)cc3)no2)cc1Cl. The number of aromatic nitrogens is 2. The molecule has 0 saturated carbocycles. The number of carbonyl (C=O) groups excluding carboxylic acids is 1. The standard InChI is InChI=1S/C21H22ClN3O4/c1-13-5-7-14(8-6-13)21-23-19(29-24-21)9-10-20(26)25(2)16-11-15(22)17(27-3)12-18(16)28-4/h5-8,11-12H,9-10H2,1-4H3. The van der Waals surface area contributed by atoms with Crippen LogP contribution in [-0.2, 0) is 11.2 Å². The average Bonchev–Trinajstić information content (AvgIpc) is 3.20. The van der Waals surface area contributed by atoms with Crippen molar-refractivity contribution in [1.29, 1.82) is 0 Å². The van der Waals surface area contributed by atoms with Gasteiger partial charge in [0.25, 0.3) is 0 Å². The van der Waals surface area contributed by atoms with E-state index < -0.39 is 0 Å². The Kier molecular flexibility index (Phi) is 6.39. The molecule has 7 nitrogen and oxygen atoms in total. The van der Waals surface area contributed by atoms with E-state index in [9.17, 15) is 4.79 Å². The van der Waals surface area contributed by atoms with E-state index in [0.29, 0.717) is 40.3 Å². The number of amides is 1. The van der Waals surface area contributed by atoms with Crippen LogP contribution >= 0.6 is 11.6 Å². The molecule has 0 unspecified atom stereocenters. The number of benzene rings is 2. The molecule has 0 bridgehead atoms. The van der Waals surface area contributed by atoms with Crippen molar-refractivity contribution in [2.24, 2.45) is 0 Å². The lowest BCUT2D eigenvalue weighted by Gasteiger charge is -2.21. The van der Waals surface area contributed by atoms with Gasteiger partial charge < -0.3 is 18.9 Å². The molecule has 8 heteroatoms. The summed E-state index contributed by atoms with van der Waals surface area (Å²) >= 11 is 6.20. The van der Waals surface area contributed by atoms with Crippen LogP contribution in [0.3, 0.4) is 0 Å². The maximum Gasteiger partial charge on any atom is 0.227 e. The van der Waals surface area contributed by atoms with Gasteiger partial charge in [-0.3, -0.25) is 4.79 Å². The van der Waals surface area contributed by atoms with Gasteiger partial charge in [-0.25, -0.2) is 0 Å². The lowest BCUT2D eigenvalue weighted by molar-refractivity contribution is -0.118.